The largest absolute Gasteiger partial charge is 0.438 e. The van der Waals surface area contributed by atoms with Gasteiger partial charge >= 0.3 is 0 Å². The molecule has 1 saturated heterocycles. The average Bonchev–Trinajstić information content (AvgIpc) is 3.31. The van der Waals surface area contributed by atoms with Crippen molar-refractivity contribution in [2.45, 2.75) is 18.4 Å². The number of rotatable bonds is 6. The number of benzene rings is 1. The van der Waals surface area contributed by atoms with E-state index in [1.165, 1.54) is 36.9 Å². The molecule has 1 aliphatic heterocycles. The van der Waals surface area contributed by atoms with Crippen molar-refractivity contribution in [2.75, 3.05) is 26.8 Å². The fourth-order valence-electron chi connectivity index (χ4n) is 3.10. The second kappa shape index (κ2) is 7.65. The number of methoxy groups -OCH3 is 1. The number of carbonyl (C=O) groups excluding carboxylic acids is 2. The molecule has 8 heteroatoms. The van der Waals surface area contributed by atoms with Crippen LogP contribution < -0.4 is 5.32 Å². The molecule has 1 aliphatic rings. The van der Waals surface area contributed by atoms with Gasteiger partial charge in [-0.2, -0.15) is 0 Å². The molecule has 1 atom stereocenters. The molecule has 0 spiro atoms. The van der Waals surface area contributed by atoms with Crippen LogP contribution in [0.4, 0.5) is 4.39 Å². The Morgan fingerprint density at radius 1 is 1.38 bits per heavy atom. The highest BCUT2D eigenvalue weighted by Crippen LogP contribution is 2.27. The zero-order valence-corrected chi connectivity index (χ0v) is 14.4. The zero-order chi connectivity index (χ0) is 18.6. The van der Waals surface area contributed by atoms with E-state index in [1.54, 1.807) is 12.0 Å². The number of hydrogen-bond acceptors (Lipinski definition) is 5. The Morgan fingerprint density at radius 3 is 2.81 bits per heavy atom. The number of aromatic nitrogens is 1. The van der Waals surface area contributed by atoms with Crippen molar-refractivity contribution in [2.24, 2.45) is 0 Å². The van der Waals surface area contributed by atoms with E-state index in [9.17, 15) is 14.0 Å². The summed E-state index contributed by atoms with van der Waals surface area (Å²) in [5.41, 5.74) is -0.250. The fraction of sp³-hybridized carbons (Fsp3) is 0.389. The topological polar surface area (TPSA) is 84.7 Å². The first-order valence-electron chi connectivity index (χ1n) is 8.28. The summed E-state index contributed by atoms with van der Waals surface area (Å²) >= 11 is 0. The maximum Gasteiger partial charge on any atom is 0.291 e. The normalized spacial score (nSPS) is 19.5. The molecule has 2 amide bonds. The number of amides is 2. The molecule has 2 heterocycles. The minimum Gasteiger partial charge on any atom is -0.438 e. The van der Waals surface area contributed by atoms with Gasteiger partial charge in [0.1, 0.15) is 5.82 Å². The van der Waals surface area contributed by atoms with Crippen molar-refractivity contribution in [3.8, 4) is 0 Å². The Bertz CT molecular complexity index is 763. The Morgan fingerprint density at radius 2 is 2.15 bits per heavy atom. The number of nitrogens with zero attached hydrogens (tertiary/aromatic N) is 2. The van der Waals surface area contributed by atoms with E-state index < -0.39 is 11.4 Å². The molecule has 3 rings (SSSR count). The summed E-state index contributed by atoms with van der Waals surface area (Å²) in [7, 11) is 1.59. The van der Waals surface area contributed by atoms with Gasteiger partial charge in [0.2, 0.25) is 5.76 Å². The van der Waals surface area contributed by atoms with Gasteiger partial charge in [-0.3, -0.25) is 9.59 Å². The lowest BCUT2D eigenvalue weighted by molar-refractivity contribution is 0.0721. The number of likely N-dealkylation sites (tertiary alicyclic amines) is 1. The Labute approximate surface area is 150 Å². The molecule has 1 N–H and O–H groups in total. The van der Waals surface area contributed by atoms with E-state index in [2.05, 4.69) is 10.3 Å². The predicted molar refractivity (Wildman–Crippen MR) is 90.1 cm³/mol. The number of oxazole rings is 1. The van der Waals surface area contributed by atoms with Crippen molar-refractivity contribution >= 4 is 11.8 Å². The van der Waals surface area contributed by atoms with E-state index in [-0.39, 0.29) is 17.6 Å². The van der Waals surface area contributed by atoms with Gasteiger partial charge < -0.3 is 19.4 Å². The molecule has 0 bridgehead atoms. The van der Waals surface area contributed by atoms with Gasteiger partial charge in [0, 0.05) is 32.4 Å². The quantitative estimate of drug-likeness (QED) is 0.849. The van der Waals surface area contributed by atoms with Gasteiger partial charge in [-0.1, -0.05) is 0 Å². The molecular weight excluding hydrogens is 341 g/mol. The summed E-state index contributed by atoms with van der Waals surface area (Å²) in [5.74, 6) is -0.814. The highest BCUT2D eigenvalue weighted by molar-refractivity contribution is 5.95. The molecule has 1 aromatic heterocycles. The summed E-state index contributed by atoms with van der Waals surface area (Å²) < 4.78 is 23.3. The summed E-state index contributed by atoms with van der Waals surface area (Å²) in [5, 5.41) is 3.01. The Kier molecular flexibility index (Phi) is 5.32. The van der Waals surface area contributed by atoms with Crippen LogP contribution in [0.1, 0.15) is 33.8 Å². The predicted octanol–water partition coefficient (Wildman–Crippen LogP) is 1.86. The molecule has 1 aromatic carbocycles. The van der Waals surface area contributed by atoms with Crippen LogP contribution in [-0.4, -0.2) is 54.0 Å². The zero-order valence-electron chi connectivity index (χ0n) is 14.4. The van der Waals surface area contributed by atoms with E-state index in [4.69, 9.17) is 9.15 Å². The highest BCUT2D eigenvalue weighted by Gasteiger charge is 2.41. The third-order valence-corrected chi connectivity index (χ3v) is 4.55. The first kappa shape index (κ1) is 18.1. The highest BCUT2D eigenvalue weighted by atomic mass is 19.1. The standard InChI is InChI=1S/C18H20FN3O4/c1-25-9-7-18(21-16(23)13-2-4-14(19)5-3-13)6-8-22(11-18)17(24)15-10-20-12-26-15/h2-5,10,12H,6-9,11H2,1H3,(H,21,23). The van der Waals surface area contributed by atoms with E-state index in [1.807, 2.05) is 0 Å². The van der Waals surface area contributed by atoms with Crippen molar-refractivity contribution < 1.29 is 23.1 Å². The van der Waals surface area contributed by atoms with Gasteiger partial charge in [0.15, 0.2) is 6.39 Å². The molecule has 138 valence electrons. The third kappa shape index (κ3) is 3.91. The summed E-state index contributed by atoms with van der Waals surface area (Å²) in [6.45, 7) is 1.25. The molecule has 0 aliphatic carbocycles. The van der Waals surface area contributed by atoms with Gasteiger partial charge in [0.05, 0.1) is 11.7 Å². The van der Waals surface area contributed by atoms with E-state index in [0.717, 1.165) is 0 Å². The first-order chi connectivity index (χ1) is 12.5. The average molecular weight is 361 g/mol. The molecule has 0 radical (unpaired) electrons. The van der Waals surface area contributed by atoms with Crippen LogP contribution in [0.15, 0.2) is 41.3 Å². The molecule has 26 heavy (non-hydrogen) atoms. The third-order valence-electron chi connectivity index (χ3n) is 4.55. The summed E-state index contributed by atoms with van der Waals surface area (Å²) in [6, 6.07) is 5.35. The maximum atomic E-state index is 13.1. The number of carbonyl (C=O) groups is 2. The van der Waals surface area contributed by atoms with Gasteiger partial charge in [-0.05, 0) is 37.1 Å². The molecule has 0 saturated carbocycles. The maximum absolute atomic E-state index is 13.1. The molecule has 7 nitrogen and oxygen atoms in total. The van der Waals surface area contributed by atoms with Crippen LogP contribution in [0.25, 0.3) is 0 Å². The van der Waals surface area contributed by atoms with E-state index >= 15 is 0 Å². The number of ether oxygens (including phenoxy) is 1. The number of hydrogen-bond donors (Lipinski definition) is 1. The molecule has 2 aromatic rings. The van der Waals surface area contributed by atoms with Crippen LogP contribution in [0.5, 0.6) is 0 Å². The van der Waals surface area contributed by atoms with Crippen molar-refractivity contribution in [1.29, 1.82) is 0 Å². The Hall–Kier alpha value is -2.74. The van der Waals surface area contributed by atoms with Crippen LogP contribution >= 0.6 is 0 Å². The second-order valence-electron chi connectivity index (χ2n) is 6.33. The van der Waals surface area contributed by atoms with Crippen LogP contribution in [-0.2, 0) is 4.74 Å². The lowest BCUT2D eigenvalue weighted by atomic mass is 9.94. The minimum absolute atomic E-state index is 0.164. The summed E-state index contributed by atoms with van der Waals surface area (Å²) in [4.78, 5) is 30.4. The first-order valence-corrected chi connectivity index (χ1v) is 8.28. The van der Waals surface area contributed by atoms with Crippen LogP contribution in [0.3, 0.4) is 0 Å². The number of nitrogens with one attached hydrogen (secondary N) is 1. The minimum atomic E-state index is -0.614. The number of halogens is 1. The summed E-state index contributed by atoms with van der Waals surface area (Å²) in [6.07, 6.45) is 3.71. The Balaban J connectivity index is 1.74. The molecule has 1 fully saturated rings. The van der Waals surface area contributed by atoms with Gasteiger partial charge in [-0.15, -0.1) is 0 Å². The molecular formula is C18H20FN3O4. The van der Waals surface area contributed by atoms with Gasteiger partial charge in [-0.25, -0.2) is 9.37 Å². The fourth-order valence-corrected chi connectivity index (χ4v) is 3.10. The smallest absolute Gasteiger partial charge is 0.291 e. The molecule has 1 unspecified atom stereocenters. The second-order valence-corrected chi connectivity index (χ2v) is 6.33. The van der Waals surface area contributed by atoms with Crippen LogP contribution in [0, 0.1) is 5.82 Å². The SMILES string of the molecule is COCCC1(NC(=O)c2ccc(F)cc2)CCN(C(=O)c2cnco2)C1. The van der Waals surface area contributed by atoms with Crippen LogP contribution in [0.2, 0.25) is 0 Å². The van der Waals surface area contributed by atoms with Crippen molar-refractivity contribution in [3.05, 3.63) is 54.0 Å². The lowest BCUT2D eigenvalue weighted by Crippen LogP contribution is -2.51. The van der Waals surface area contributed by atoms with Gasteiger partial charge in [0.25, 0.3) is 11.8 Å². The van der Waals surface area contributed by atoms with Crippen molar-refractivity contribution in [3.63, 3.8) is 0 Å². The lowest BCUT2D eigenvalue weighted by Gasteiger charge is -2.30. The monoisotopic (exact) mass is 361 g/mol. The van der Waals surface area contributed by atoms with E-state index in [0.29, 0.717) is 38.1 Å². The van der Waals surface area contributed by atoms with Crippen molar-refractivity contribution in [1.82, 2.24) is 15.2 Å².